The quantitative estimate of drug-likeness (QED) is 0.813. The Hall–Kier alpha value is -2.01. The molecular weight excluding hydrogens is 330 g/mol. The summed E-state index contributed by atoms with van der Waals surface area (Å²) < 4.78 is 5.79. The molecule has 3 atom stereocenters. The second-order valence-corrected chi connectivity index (χ2v) is 8.28. The lowest BCUT2D eigenvalue weighted by atomic mass is 9.96. The van der Waals surface area contributed by atoms with E-state index in [1.54, 1.807) is 0 Å². The largest absolute Gasteiger partial charge is 0.491 e. The van der Waals surface area contributed by atoms with Gasteiger partial charge in [0.25, 0.3) is 0 Å². The molecule has 2 aromatic rings. The summed E-state index contributed by atoms with van der Waals surface area (Å²) in [4.78, 5) is 12.0. The van der Waals surface area contributed by atoms with Gasteiger partial charge in [-0.25, -0.2) is 0 Å². The Morgan fingerprint density at radius 1 is 1.16 bits per heavy atom. The highest BCUT2D eigenvalue weighted by molar-refractivity contribution is 8.14. The second kappa shape index (κ2) is 6.71. The number of amidine groups is 1. The highest BCUT2D eigenvalue weighted by atomic mass is 32.2. The normalized spacial score (nSPS) is 25.2. The monoisotopic (exact) mass is 353 g/mol. The van der Waals surface area contributed by atoms with Gasteiger partial charge in [0.15, 0.2) is 5.17 Å². The van der Waals surface area contributed by atoms with E-state index in [4.69, 9.17) is 9.73 Å². The zero-order valence-corrected chi connectivity index (χ0v) is 15.6. The van der Waals surface area contributed by atoms with Crippen molar-refractivity contribution in [2.45, 2.75) is 44.2 Å². The first-order valence-corrected chi connectivity index (χ1v) is 9.68. The van der Waals surface area contributed by atoms with Gasteiger partial charge in [-0.2, -0.15) is 0 Å². The smallest absolute Gasteiger partial charge is 0.160 e. The van der Waals surface area contributed by atoms with Gasteiger partial charge in [-0.3, -0.25) is 9.98 Å². The van der Waals surface area contributed by atoms with Crippen molar-refractivity contribution in [1.82, 2.24) is 9.88 Å². The van der Waals surface area contributed by atoms with E-state index in [9.17, 15) is 0 Å². The van der Waals surface area contributed by atoms with E-state index in [1.807, 2.05) is 43.9 Å². The lowest BCUT2D eigenvalue weighted by molar-refractivity contribution is 0.242. The van der Waals surface area contributed by atoms with Gasteiger partial charge >= 0.3 is 0 Å². The molecule has 0 radical (unpaired) electrons. The van der Waals surface area contributed by atoms with E-state index >= 15 is 0 Å². The predicted molar refractivity (Wildman–Crippen MR) is 103 cm³/mol. The number of thioether (sulfide) groups is 1. The molecule has 0 bridgehead atoms. The van der Waals surface area contributed by atoms with Crippen LogP contribution in [0.3, 0.4) is 0 Å². The Balaban J connectivity index is 1.67. The first-order valence-electron chi connectivity index (χ1n) is 8.80. The molecule has 1 aromatic carbocycles. The Kier molecular flexibility index (Phi) is 4.42. The number of pyridine rings is 1. The van der Waals surface area contributed by atoms with E-state index in [2.05, 4.69) is 47.1 Å². The number of aliphatic imine (C=N–C) groups is 1. The van der Waals surface area contributed by atoms with E-state index in [1.165, 1.54) is 5.56 Å². The van der Waals surface area contributed by atoms with Crippen LogP contribution in [-0.2, 0) is 0 Å². The lowest BCUT2D eigenvalue weighted by Gasteiger charge is -2.27. The van der Waals surface area contributed by atoms with Gasteiger partial charge in [-0.05, 0) is 43.7 Å². The van der Waals surface area contributed by atoms with E-state index in [-0.39, 0.29) is 18.2 Å². The van der Waals surface area contributed by atoms with Gasteiger partial charge < -0.3 is 9.64 Å². The molecule has 0 unspecified atom stereocenters. The maximum absolute atomic E-state index is 5.79. The third-order valence-electron chi connectivity index (χ3n) is 4.47. The fraction of sp³-hybridized carbons (Fsp3) is 0.400. The summed E-state index contributed by atoms with van der Waals surface area (Å²) in [6.45, 7) is 7.38. The van der Waals surface area contributed by atoms with Crippen LogP contribution in [0.5, 0.6) is 5.75 Å². The van der Waals surface area contributed by atoms with Crippen molar-refractivity contribution in [2.75, 3.05) is 6.54 Å². The minimum atomic E-state index is 0.0491. The second-order valence-electron chi connectivity index (χ2n) is 6.87. The number of aromatic nitrogens is 1. The molecule has 4 rings (SSSR count). The molecule has 5 heteroatoms. The summed E-state index contributed by atoms with van der Waals surface area (Å²) in [5.41, 5.74) is 2.30. The van der Waals surface area contributed by atoms with Crippen LogP contribution < -0.4 is 4.74 Å². The average molecular weight is 353 g/mol. The number of rotatable bonds is 4. The maximum Gasteiger partial charge on any atom is 0.160 e. The summed E-state index contributed by atoms with van der Waals surface area (Å²) in [6.07, 6.45) is 2.04. The zero-order chi connectivity index (χ0) is 17.4. The van der Waals surface area contributed by atoms with Crippen LogP contribution in [0.25, 0.3) is 0 Å². The van der Waals surface area contributed by atoms with Crippen LogP contribution in [-0.4, -0.2) is 33.0 Å². The van der Waals surface area contributed by atoms with Gasteiger partial charge in [0.1, 0.15) is 11.8 Å². The van der Waals surface area contributed by atoms with Crippen LogP contribution in [0.15, 0.2) is 53.7 Å². The molecule has 2 aliphatic rings. The van der Waals surface area contributed by atoms with Crippen molar-refractivity contribution in [3.05, 3.63) is 59.9 Å². The molecule has 25 heavy (non-hydrogen) atoms. The maximum atomic E-state index is 5.79. The summed E-state index contributed by atoms with van der Waals surface area (Å²) in [5, 5.41) is 1.73. The Labute approximate surface area is 153 Å². The molecule has 130 valence electrons. The highest BCUT2D eigenvalue weighted by Gasteiger charge is 2.43. The zero-order valence-electron chi connectivity index (χ0n) is 14.8. The number of hydrogen-bond donors (Lipinski definition) is 0. The van der Waals surface area contributed by atoms with Crippen molar-refractivity contribution >= 4 is 16.9 Å². The molecular formula is C20H23N3OS. The average Bonchev–Trinajstić information content (AvgIpc) is 3.12. The number of benzene rings is 1. The third-order valence-corrected chi connectivity index (χ3v) is 5.58. The van der Waals surface area contributed by atoms with Crippen LogP contribution in [0.2, 0.25) is 0 Å². The molecule has 3 heterocycles. The summed E-state index contributed by atoms with van der Waals surface area (Å²) >= 11 is 1.87. The van der Waals surface area contributed by atoms with Crippen molar-refractivity contribution in [1.29, 1.82) is 0 Å². The summed E-state index contributed by atoms with van der Waals surface area (Å²) in [7, 11) is 0. The molecule has 0 amide bonds. The van der Waals surface area contributed by atoms with Gasteiger partial charge in [-0.15, -0.1) is 0 Å². The standard InChI is InChI=1S/C20H23N3OS/c1-13(2)24-16-9-7-15(8-10-16)19-18(17-6-4-5-11-21-17)22-20-23(19)12-14(3)25-20/h4-11,13-14,18-19H,12H2,1-3H3/t14-,18-,19-/m1/s1. The van der Waals surface area contributed by atoms with E-state index < -0.39 is 0 Å². The number of ether oxygens (including phenoxy) is 1. The molecule has 4 nitrogen and oxygen atoms in total. The van der Waals surface area contributed by atoms with Gasteiger partial charge in [-0.1, -0.05) is 36.9 Å². The Morgan fingerprint density at radius 2 is 1.96 bits per heavy atom. The van der Waals surface area contributed by atoms with Crippen molar-refractivity contribution in [2.24, 2.45) is 4.99 Å². The molecule has 2 aliphatic heterocycles. The van der Waals surface area contributed by atoms with E-state index in [0.29, 0.717) is 5.25 Å². The Bertz CT molecular complexity index is 760. The Morgan fingerprint density at radius 3 is 2.64 bits per heavy atom. The van der Waals surface area contributed by atoms with Crippen LogP contribution in [0.1, 0.15) is 44.1 Å². The summed E-state index contributed by atoms with van der Waals surface area (Å²) in [5.74, 6) is 0.913. The molecule has 1 fully saturated rings. The third kappa shape index (κ3) is 3.25. The van der Waals surface area contributed by atoms with Gasteiger partial charge in [0.05, 0.1) is 17.8 Å². The number of hydrogen-bond acceptors (Lipinski definition) is 5. The molecule has 0 N–H and O–H groups in total. The fourth-order valence-corrected chi connectivity index (χ4v) is 4.59. The predicted octanol–water partition coefficient (Wildman–Crippen LogP) is 4.46. The topological polar surface area (TPSA) is 37.7 Å². The molecule has 0 spiro atoms. The van der Waals surface area contributed by atoms with Crippen molar-refractivity contribution in [3.63, 3.8) is 0 Å². The molecule has 1 aromatic heterocycles. The van der Waals surface area contributed by atoms with Gasteiger partial charge in [0, 0.05) is 18.0 Å². The van der Waals surface area contributed by atoms with Crippen LogP contribution in [0.4, 0.5) is 0 Å². The van der Waals surface area contributed by atoms with Crippen LogP contribution in [0, 0.1) is 0 Å². The summed E-state index contributed by atoms with van der Waals surface area (Å²) in [6, 6.07) is 14.8. The molecule has 0 saturated carbocycles. The SMILES string of the molecule is CC(C)Oc1ccc([C@@H]2[C@@H](c3ccccn3)N=C3S[C@H](C)CN32)cc1. The van der Waals surface area contributed by atoms with Crippen LogP contribution >= 0.6 is 11.8 Å². The highest BCUT2D eigenvalue weighted by Crippen LogP contribution is 2.47. The van der Waals surface area contributed by atoms with E-state index in [0.717, 1.165) is 23.2 Å². The number of nitrogens with zero attached hydrogens (tertiary/aromatic N) is 3. The van der Waals surface area contributed by atoms with Crippen molar-refractivity contribution < 1.29 is 4.74 Å². The minimum absolute atomic E-state index is 0.0491. The molecule has 1 saturated heterocycles. The van der Waals surface area contributed by atoms with Crippen molar-refractivity contribution in [3.8, 4) is 5.75 Å². The minimum Gasteiger partial charge on any atom is -0.491 e. The number of fused-ring (bicyclic) bond motifs is 1. The fourth-order valence-electron chi connectivity index (χ4n) is 3.49. The lowest BCUT2D eigenvalue weighted by Crippen LogP contribution is -2.28. The first-order chi connectivity index (χ1) is 12.1. The first kappa shape index (κ1) is 16.5. The molecule has 0 aliphatic carbocycles. The van der Waals surface area contributed by atoms with Gasteiger partial charge in [0.2, 0.25) is 0 Å².